The Labute approximate surface area is 98.5 Å². The number of rotatable bonds is 5. The van der Waals surface area contributed by atoms with Gasteiger partial charge in [-0.1, -0.05) is 0 Å². The lowest BCUT2D eigenvalue weighted by Crippen LogP contribution is -2.11. The van der Waals surface area contributed by atoms with Crippen molar-refractivity contribution < 1.29 is 4.79 Å². The molecule has 0 saturated heterocycles. The third-order valence-electron chi connectivity index (χ3n) is 2.06. The summed E-state index contributed by atoms with van der Waals surface area (Å²) in [7, 11) is 0. The molecular formula is C11H13N5O. The van der Waals surface area contributed by atoms with Crippen LogP contribution in [0.25, 0.3) is 0 Å². The van der Waals surface area contributed by atoms with E-state index >= 15 is 0 Å². The van der Waals surface area contributed by atoms with Crippen LogP contribution in [0.15, 0.2) is 30.9 Å². The largest absolute Gasteiger partial charge is 0.366 e. The lowest BCUT2D eigenvalue weighted by molar-refractivity contribution is -0.115. The van der Waals surface area contributed by atoms with Gasteiger partial charge in [0.15, 0.2) is 0 Å². The Morgan fingerprint density at radius 1 is 1.41 bits per heavy atom. The Kier molecular flexibility index (Phi) is 3.34. The topological polar surface area (TPSA) is 82.7 Å². The lowest BCUT2D eigenvalue weighted by Gasteiger charge is -2.06. The van der Waals surface area contributed by atoms with Crippen LogP contribution in [-0.4, -0.2) is 27.3 Å². The number of carbonyl (C=O) groups excluding carboxylic acids is 1. The van der Waals surface area contributed by atoms with Crippen molar-refractivity contribution in [3.05, 3.63) is 30.9 Å². The Hall–Kier alpha value is -2.37. The van der Waals surface area contributed by atoms with Crippen molar-refractivity contribution in [2.24, 2.45) is 0 Å². The van der Waals surface area contributed by atoms with E-state index in [-0.39, 0.29) is 12.3 Å². The molecule has 0 unspecified atom stereocenters. The maximum atomic E-state index is 10.8. The van der Waals surface area contributed by atoms with Crippen LogP contribution in [0.1, 0.15) is 6.92 Å². The minimum absolute atomic E-state index is 0.0590. The van der Waals surface area contributed by atoms with Crippen LogP contribution in [0.5, 0.6) is 0 Å². The van der Waals surface area contributed by atoms with E-state index in [1.807, 2.05) is 18.5 Å². The monoisotopic (exact) mass is 231 g/mol. The molecule has 0 bridgehead atoms. The van der Waals surface area contributed by atoms with Crippen molar-refractivity contribution in [1.82, 2.24) is 15.0 Å². The predicted molar refractivity (Wildman–Crippen MR) is 65.3 cm³/mol. The molecule has 17 heavy (non-hydrogen) atoms. The minimum atomic E-state index is 0.0590. The quantitative estimate of drug-likeness (QED) is 0.727. The summed E-state index contributed by atoms with van der Waals surface area (Å²) in [5.41, 5.74) is 0.918. The maximum Gasteiger partial charge on any atom is 0.148 e. The molecule has 6 heteroatoms. The van der Waals surface area contributed by atoms with Crippen molar-refractivity contribution >= 4 is 23.1 Å². The number of anilines is 3. The molecule has 2 aromatic rings. The highest BCUT2D eigenvalue weighted by Crippen LogP contribution is 2.14. The Morgan fingerprint density at radius 3 is 2.94 bits per heavy atom. The fourth-order valence-corrected chi connectivity index (χ4v) is 1.29. The summed E-state index contributed by atoms with van der Waals surface area (Å²) in [5, 5.41) is 6.02. The number of hydrogen-bond acceptors (Lipinski definition) is 5. The summed E-state index contributed by atoms with van der Waals surface area (Å²) >= 11 is 0. The van der Waals surface area contributed by atoms with Gasteiger partial charge in [0.2, 0.25) is 0 Å². The van der Waals surface area contributed by atoms with Crippen molar-refractivity contribution in [1.29, 1.82) is 0 Å². The van der Waals surface area contributed by atoms with Crippen LogP contribution in [0, 0.1) is 0 Å². The Morgan fingerprint density at radius 2 is 2.24 bits per heavy atom. The molecule has 2 aromatic heterocycles. The number of aromatic nitrogens is 3. The number of ketones is 1. The first-order chi connectivity index (χ1) is 8.24. The number of H-pyrrole nitrogens is 1. The smallest absolute Gasteiger partial charge is 0.148 e. The van der Waals surface area contributed by atoms with Gasteiger partial charge in [-0.25, -0.2) is 9.97 Å². The average Bonchev–Trinajstić information content (AvgIpc) is 2.80. The van der Waals surface area contributed by atoms with Crippen LogP contribution in [-0.2, 0) is 4.79 Å². The molecule has 0 amide bonds. The summed E-state index contributed by atoms with van der Waals surface area (Å²) in [5.74, 6) is 1.35. The molecule has 0 spiro atoms. The zero-order chi connectivity index (χ0) is 12.1. The number of nitrogens with zero attached hydrogens (tertiary/aromatic N) is 2. The summed E-state index contributed by atoms with van der Waals surface area (Å²) in [6.07, 6.45) is 5.08. The van der Waals surface area contributed by atoms with Crippen molar-refractivity contribution in [2.75, 3.05) is 17.2 Å². The fraction of sp³-hybridized carbons (Fsp3) is 0.182. The highest BCUT2D eigenvalue weighted by atomic mass is 16.1. The summed E-state index contributed by atoms with van der Waals surface area (Å²) in [6.45, 7) is 1.79. The molecule has 88 valence electrons. The van der Waals surface area contributed by atoms with Gasteiger partial charge in [-0.3, -0.25) is 4.79 Å². The molecule has 2 heterocycles. The first kappa shape index (κ1) is 11.1. The summed E-state index contributed by atoms with van der Waals surface area (Å²) in [6, 6.07) is 3.64. The molecule has 6 nitrogen and oxygen atoms in total. The van der Waals surface area contributed by atoms with Gasteiger partial charge in [-0.15, -0.1) is 0 Å². The van der Waals surface area contributed by atoms with E-state index in [0.29, 0.717) is 11.6 Å². The number of Topliss-reactive ketones (excluding diaryl/α,β-unsaturated/α-hetero) is 1. The molecule has 0 aliphatic heterocycles. The van der Waals surface area contributed by atoms with E-state index in [1.54, 1.807) is 6.07 Å². The van der Waals surface area contributed by atoms with Crippen LogP contribution >= 0.6 is 0 Å². The van der Waals surface area contributed by atoms with Gasteiger partial charge in [0.1, 0.15) is 23.7 Å². The first-order valence-corrected chi connectivity index (χ1v) is 5.19. The normalized spacial score (nSPS) is 9.94. The molecule has 0 aromatic carbocycles. The maximum absolute atomic E-state index is 10.8. The van der Waals surface area contributed by atoms with E-state index in [9.17, 15) is 4.79 Å². The predicted octanol–water partition coefficient (Wildman–Crippen LogP) is 1.55. The second-order valence-corrected chi connectivity index (χ2v) is 3.57. The molecule has 0 atom stereocenters. The molecule has 0 aliphatic rings. The number of carbonyl (C=O) groups is 1. The molecule has 3 N–H and O–H groups in total. The van der Waals surface area contributed by atoms with Crippen molar-refractivity contribution in [2.45, 2.75) is 6.92 Å². The van der Waals surface area contributed by atoms with Gasteiger partial charge in [0.05, 0.1) is 12.2 Å². The van der Waals surface area contributed by atoms with Crippen LogP contribution in [0.3, 0.4) is 0 Å². The van der Waals surface area contributed by atoms with Gasteiger partial charge < -0.3 is 15.6 Å². The number of nitrogens with one attached hydrogen (secondary N) is 3. The molecule has 0 aliphatic carbocycles. The van der Waals surface area contributed by atoms with Crippen LogP contribution < -0.4 is 10.6 Å². The van der Waals surface area contributed by atoms with Gasteiger partial charge >= 0.3 is 0 Å². The summed E-state index contributed by atoms with van der Waals surface area (Å²) in [4.78, 5) is 21.9. The standard InChI is InChI=1S/C11H13N5O/c1-8(17)5-13-10-4-11(15-7-14-10)16-9-2-3-12-6-9/h2-4,6-7,12H,5H2,1H3,(H2,13,14,15,16). The minimum Gasteiger partial charge on any atom is -0.366 e. The van der Waals surface area contributed by atoms with Gasteiger partial charge in [-0.05, 0) is 13.0 Å². The molecule has 0 saturated carbocycles. The second kappa shape index (κ2) is 5.11. The van der Waals surface area contributed by atoms with Gasteiger partial charge in [0.25, 0.3) is 0 Å². The van der Waals surface area contributed by atoms with Crippen LogP contribution in [0.2, 0.25) is 0 Å². The zero-order valence-electron chi connectivity index (χ0n) is 9.40. The SMILES string of the molecule is CC(=O)CNc1cc(Nc2cc[nH]c2)ncn1. The van der Waals surface area contributed by atoms with E-state index in [2.05, 4.69) is 25.6 Å². The third kappa shape index (κ3) is 3.30. The Balaban J connectivity index is 2.03. The van der Waals surface area contributed by atoms with Gasteiger partial charge in [-0.2, -0.15) is 0 Å². The van der Waals surface area contributed by atoms with Crippen molar-refractivity contribution in [3.8, 4) is 0 Å². The fourth-order valence-electron chi connectivity index (χ4n) is 1.29. The molecular weight excluding hydrogens is 218 g/mol. The highest BCUT2D eigenvalue weighted by molar-refractivity contribution is 5.80. The van der Waals surface area contributed by atoms with E-state index in [0.717, 1.165) is 5.69 Å². The Bertz CT molecular complexity index is 494. The summed E-state index contributed by atoms with van der Waals surface area (Å²) < 4.78 is 0. The second-order valence-electron chi connectivity index (χ2n) is 3.57. The van der Waals surface area contributed by atoms with Gasteiger partial charge in [0, 0.05) is 18.5 Å². The molecule has 2 rings (SSSR count). The van der Waals surface area contributed by atoms with E-state index in [4.69, 9.17) is 0 Å². The molecule has 0 radical (unpaired) electrons. The lowest BCUT2D eigenvalue weighted by atomic mass is 10.4. The van der Waals surface area contributed by atoms with Crippen LogP contribution in [0.4, 0.5) is 17.3 Å². The van der Waals surface area contributed by atoms with Crippen molar-refractivity contribution in [3.63, 3.8) is 0 Å². The molecule has 0 fully saturated rings. The van der Waals surface area contributed by atoms with E-state index < -0.39 is 0 Å². The average molecular weight is 231 g/mol. The number of aromatic amines is 1. The zero-order valence-corrected chi connectivity index (χ0v) is 9.40. The highest BCUT2D eigenvalue weighted by Gasteiger charge is 2.00. The third-order valence-corrected chi connectivity index (χ3v) is 2.06. The van der Waals surface area contributed by atoms with E-state index in [1.165, 1.54) is 13.3 Å². The number of hydrogen-bond donors (Lipinski definition) is 3. The first-order valence-electron chi connectivity index (χ1n) is 5.19.